The molecular weight excluding hydrogens is 275 g/mol. The molecule has 0 aliphatic heterocycles. The zero-order chi connectivity index (χ0) is 10.8. The minimum absolute atomic E-state index is 0.522. The van der Waals surface area contributed by atoms with Gasteiger partial charge < -0.3 is 0 Å². The van der Waals surface area contributed by atoms with Gasteiger partial charge in [-0.3, -0.25) is 5.10 Å². The third-order valence-corrected chi connectivity index (χ3v) is 3.80. The maximum atomic E-state index is 5.89. The molecule has 78 valence electrons. The standard InChI is InChI=1S/C9H5Cl3N2S/c10-6-2-1-5(3-7(6)11)15-9-8(12)4-13-14-9/h1-4H,(H,13,14). The van der Waals surface area contributed by atoms with Gasteiger partial charge in [0.15, 0.2) is 0 Å². The van der Waals surface area contributed by atoms with Gasteiger partial charge in [-0.05, 0) is 18.2 Å². The first-order chi connectivity index (χ1) is 7.16. The van der Waals surface area contributed by atoms with Crippen molar-refractivity contribution in [3.63, 3.8) is 0 Å². The van der Waals surface area contributed by atoms with E-state index in [1.165, 1.54) is 11.8 Å². The average molecular weight is 280 g/mol. The Morgan fingerprint density at radius 3 is 2.47 bits per heavy atom. The first-order valence-corrected chi connectivity index (χ1v) is 5.94. The fourth-order valence-electron chi connectivity index (χ4n) is 0.986. The molecule has 1 N–H and O–H groups in total. The van der Waals surface area contributed by atoms with E-state index in [0.29, 0.717) is 15.1 Å². The lowest BCUT2D eigenvalue weighted by Gasteiger charge is -2.00. The number of aromatic nitrogens is 2. The van der Waals surface area contributed by atoms with Crippen molar-refractivity contribution >= 4 is 46.6 Å². The van der Waals surface area contributed by atoms with Gasteiger partial charge >= 0.3 is 0 Å². The summed E-state index contributed by atoms with van der Waals surface area (Å²) >= 11 is 19.0. The maximum Gasteiger partial charge on any atom is 0.141 e. The SMILES string of the molecule is Clc1ccc(Sc2n[nH]cc2Cl)cc1Cl. The molecule has 0 atom stereocenters. The van der Waals surface area contributed by atoms with Crippen LogP contribution in [0.25, 0.3) is 0 Å². The molecule has 0 saturated carbocycles. The van der Waals surface area contributed by atoms with Crippen LogP contribution in [0.1, 0.15) is 0 Å². The van der Waals surface area contributed by atoms with Gasteiger partial charge in [-0.1, -0.05) is 46.6 Å². The largest absolute Gasteiger partial charge is 0.283 e. The molecule has 2 aromatic rings. The highest BCUT2D eigenvalue weighted by Gasteiger charge is 2.06. The summed E-state index contributed by atoms with van der Waals surface area (Å²) < 4.78 is 0. The van der Waals surface area contributed by atoms with Gasteiger partial charge in [0.2, 0.25) is 0 Å². The fourth-order valence-corrected chi connectivity index (χ4v) is 2.35. The molecule has 0 aliphatic rings. The second kappa shape index (κ2) is 4.66. The smallest absolute Gasteiger partial charge is 0.141 e. The minimum atomic E-state index is 0.522. The van der Waals surface area contributed by atoms with Crippen LogP contribution in [0.2, 0.25) is 15.1 Å². The molecule has 0 radical (unpaired) electrons. The molecule has 0 fully saturated rings. The van der Waals surface area contributed by atoms with E-state index in [4.69, 9.17) is 34.8 Å². The van der Waals surface area contributed by atoms with E-state index >= 15 is 0 Å². The van der Waals surface area contributed by atoms with Gasteiger partial charge in [-0.2, -0.15) is 5.10 Å². The first-order valence-electron chi connectivity index (χ1n) is 3.99. The van der Waals surface area contributed by atoms with Crippen molar-refractivity contribution in [1.82, 2.24) is 10.2 Å². The molecule has 0 bridgehead atoms. The highest BCUT2D eigenvalue weighted by Crippen LogP contribution is 2.34. The molecule has 0 saturated heterocycles. The van der Waals surface area contributed by atoms with E-state index in [-0.39, 0.29) is 0 Å². The number of nitrogens with one attached hydrogen (secondary N) is 1. The lowest BCUT2D eigenvalue weighted by Crippen LogP contribution is -1.76. The Balaban J connectivity index is 2.25. The van der Waals surface area contributed by atoms with Gasteiger partial charge in [0.1, 0.15) is 5.03 Å². The number of hydrogen-bond donors (Lipinski definition) is 1. The van der Waals surface area contributed by atoms with E-state index in [1.807, 2.05) is 6.07 Å². The fraction of sp³-hybridized carbons (Fsp3) is 0. The second-order valence-corrected chi connectivity index (χ2v) is 5.00. The van der Waals surface area contributed by atoms with Gasteiger partial charge in [0, 0.05) is 11.1 Å². The minimum Gasteiger partial charge on any atom is -0.283 e. The quantitative estimate of drug-likeness (QED) is 0.875. The summed E-state index contributed by atoms with van der Waals surface area (Å²) in [5.74, 6) is 0. The molecule has 1 heterocycles. The van der Waals surface area contributed by atoms with Crippen molar-refractivity contribution in [3.05, 3.63) is 39.5 Å². The second-order valence-electron chi connectivity index (χ2n) is 2.72. The summed E-state index contributed by atoms with van der Waals surface area (Å²) in [4.78, 5) is 0.943. The van der Waals surface area contributed by atoms with Crippen molar-refractivity contribution in [2.75, 3.05) is 0 Å². The van der Waals surface area contributed by atoms with Gasteiger partial charge in [-0.15, -0.1) is 0 Å². The van der Waals surface area contributed by atoms with Crippen LogP contribution in [0.4, 0.5) is 0 Å². The summed E-state index contributed by atoms with van der Waals surface area (Å²) in [6.45, 7) is 0. The molecule has 0 spiro atoms. The van der Waals surface area contributed by atoms with E-state index in [0.717, 1.165) is 9.92 Å². The third kappa shape index (κ3) is 2.61. The zero-order valence-corrected chi connectivity index (χ0v) is 10.4. The predicted octanol–water partition coefficient (Wildman–Crippen LogP) is 4.52. The van der Waals surface area contributed by atoms with Crippen molar-refractivity contribution < 1.29 is 0 Å². The van der Waals surface area contributed by atoms with Gasteiger partial charge in [-0.25, -0.2) is 0 Å². The Kier molecular flexibility index (Phi) is 3.46. The summed E-state index contributed by atoms with van der Waals surface area (Å²) in [7, 11) is 0. The first kappa shape index (κ1) is 11.1. The van der Waals surface area contributed by atoms with Crippen LogP contribution in [0.3, 0.4) is 0 Å². The Morgan fingerprint density at radius 1 is 1.07 bits per heavy atom. The maximum absolute atomic E-state index is 5.89. The lowest BCUT2D eigenvalue weighted by atomic mass is 10.4. The molecule has 2 nitrogen and oxygen atoms in total. The normalized spacial score (nSPS) is 10.6. The van der Waals surface area contributed by atoms with E-state index in [9.17, 15) is 0 Å². The van der Waals surface area contributed by atoms with Crippen LogP contribution in [0, 0.1) is 0 Å². The number of H-pyrrole nitrogens is 1. The number of benzene rings is 1. The number of rotatable bonds is 2. The highest BCUT2D eigenvalue weighted by atomic mass is 35.5. The number of nitrogens with zero attached hydrogens (tertiary/aromatic N) is 1. The number of hydrogen-bond acceptors (Lipinski definition) is 2. The van der Waals surface area contributed by atoms with Crippen LogP contribution >= 0.6 is 46.6 Å². The van der Waals surface area contributed by atoms with Crippen LogP contribution < -0.4 is 0 Å². The Bertz CT molecular complexity index is 484. The highest BCUT2D eigenvalue weighted by molar-refractivity contribution is 7.99. The van der Waals surface area contributed by atoms with Crippen LogP contribution in [-0.2, 0) is 0 Å². The van der Waals surface area contributed by atoms with E-state index < -0.39 is 0 Å². The summed E-state index contributed by atoms with van der Waals surface area (Å²) in [5.41, 5.74) is 0. The molecule has 0 amide bonds. The monoisotopic (exact) mass is 278 g/mol. The molecular formula is C9H5Cl3N2S. The van der Waals surface area contributed by atoms with Crippen molar-refractivity contribution in [3.8, 4) is 0 Å². The summed E-state index contributed by atoms with van der Waals surface area (Å²) in [6.07, 6.45) is 1.63. The topological polar surface area (TPSA) is 28.7 Å². The van der Waals surface area contributed by atoms with Crippen molar-refractivity contribution in [2.24, 2.45) is 0 Å². The van der Waals surface area contributed by atoms with E-state index in [2.05, 4.69) is 10.2 Å². The van der Waals surface area contributed by atoms with Gasteiger partial charge in [0.25, 0.3) is 0 Å². The third-order valence-electron chi connectivity index (χ3n) is 1.67. The molecule has 15 heavy (non-hydrogen) atoms. The van der Waals surface area contributed by atoms with Crippen molar-refractivity contribution in [1.29, 1.82) is 0 Å². The van der Waals surface area contributed by atoms with Crippen molar-refractivity contribution in [2.45, 2.75) is 9.92 Å². The van der Waals surface area contributed by atoms with Crippen LogP contribution in [0.5, 0.6) is 0 Å². The molecule has 6 heteroatoms. The average Bonchev–Trinajstić information content (AvgIpc) is 2.59. The molecule has 2 rings (SSSR count). The van der Waals surface area contributed by atoms with Gasteiger partial charge in [0.05, 0.1) is 15.1 Å². The van der Waals surface area contributed by atoms with E-state index in [1.54, 1.807) is 18.3 Å². The summed E-state index contributed by atoms with van der Waals surface area (Å²) in [6, 6.07) is 5.39. The molecule has 0 aliphatic carbocycles. The summed E-state index contributed by atoms with van der Waals surface area (Å²) in [5, 5.41) is 9.04. The Labute approximate surface area is 106 Å². The van der Waals surface area contributed by atoms with Crippen LogP contribution in [-0.4, -0.2) is 10.2 Å². The van der Waals surface area contributed by atoms with Crippen LogP contribution in [0.15, 0.2) is 34.3 Å². The Hall–Kier alpha value is -0.350. The molecule has 1 aromatic heterocycles. The molecule has 1 aromatic carbocycles. The zero-order valence-electron chi connectivity index (χ0n) is 7.30. The number of halogens is 3. The number of aromatic amines is 1. The predicted molar refractivity (Wildman–Crippen MR) is 64.2 cm³/mol. The molecule has 0 unspecified atom stereocenters. The Morgan fingerprint density at radius 2 is 1.87 bits per heavy atom. The lowest BCUT2D eigenvalue weighted by molar-refractivity contribution is 1.00.